The Morgan fingerprint density at radius 2 is 2.00 bits per heavy atom. The highest BCUT2D eigenvalue weighted by atomic mass is 16.5. The fourth-order valence-electron chi connectivity index (χ4n) is 2.57. The lowest BCUT2D eigenvalue weighted by Crippen LogP contribution is -2.52. The summed E-state index contributed by atoms with van der Waals surface area (Å²) in [6.07, 6.45) is 1.95. The first kappa shape index (κ1) is 13.3. The fourth-order valence-corrected chi connectivity index (χ4v) is 2.57. The van der Waals surface area contributed by atoms with Crippen molar-refractivity contribution in [2.24, 2.45) is 11.5 Å². The van der Waals surface area contributed by atoms with Crippen molar-refractivity contribution in [1.82, 2.24) is 4.90 Å². The third-order valence-corrected chi connectivity index (χ3v) is 3.44. The van der Waals surface area contributed by atoms with E-state index in [2.05, 4.69) is 17.0 Å². The Labute approximate surface area is 109 Å². The van der Waals surface area contributed by atoms with Gasteiger partial charge in [0.05, 0.1) is 7.11 Å². The lowest BCUT2D eigenvalue weighted by molar-refractivity contribution is 0.192. The van der Waals surface area contributed by atoms with E-state index in [9.17, 15) is 0 Å². The van der Waals surface area contributed by atoms with Crippen LogP contribution in [0.25, 0.3) is 0 Å². The van der Waals surface area contributed by atoms with Gasteiger partial charge in [-0.25, -0.2) is 0 Å². The zero-order chi connectivity index (χ0) is 13.0. The van der Waals surface area contributed by atoms with Crippen LogP contribution in [0.15, 0.2) is 24.3 Å². The number of benzene rings is 1. The summed E-state index contributed by atoms with van der Waals surface area (Å²) in [7, 11) is 1.70. The molecule has 4 nitrogen and oxygen atoms in total. The number of piperidine rings is 1. The standard InChI is InChI=1S/C14H23N3O/c1-18-14-4-2-3-11(7-14)5-6-17-9-12(15)8-13(16)10-17/h2-4,7,12-13H,5-6,8-10,15-16H2,1H3. The monoisotopic (exact) mass is 249 g/mol. The van der Waals surface area contributed by atoms with Gasteiger partial charge in [-0.1, -0.05) is 12.1 Å². The van der Waals surface area contributed by atoms with E-state index in [1.807, 2.05) is 12.1 Å². The molecule has 0 radical (unpaired) electrons. The average Bonchev–Trinajstić information content (AvgIpc) is 2.35. The molecule has 0 saturated carbocycles. The smallest absolute Gasteiger partial charge is 0.119 e. The molecule has 0 aliphatic carbocycles. The molecule has 0 amide bonds. The molecule has 1 aliphatic rings. The van der Waals surface area contributed by atoms with Gasteiger partial charge >= 0.3 is 0 Å². The number of nitrogens with two attached hydrogens (primary N) is 2. The Hall–Kier alpha value is -1.10. The largest absolute Gasteiger partial charge is 0.497 e. The van der Waals surface area contributed by atoms with Crippen molar-refractivity contribution in [2.45, 2.75) is 24.9 Å². The van der Waals surface area contributed by atoms with Gasteiger partial charge in [-0.3, -0.25) is 4.90 Å². The number of likely N-dealkylation sites (tertiary alicyclic amines) is 1. The zero-order valence-electron chi connectivity index (χ0n) is 11.0. The van der Waals surface area contributed by atoms with Crippen LogP contribution in [0.5, 0.6) is 5.75 Å². The van der Waals surface area contributed by atoms with E-state index in [4.69, 9.17) is 16.2 Å². The van der Waals surface area contributed by atoms with Gasteiger partial charge in [0.25, 0.3) is 0 Å². The van der Waals surface area contributed by atoms with Gasteiger partial charge in [0.15, 0.2) is 0 Å². The lowest BCUT2D eigenvalue weighted by atomic mass is 10.0. The van der Waals surface area contributed by atoms with Crippen LogP contribution < -0.4 is 16.2 Å². The van der Waals surface area contributed by atoms with Crippen molar-refractivity contribution in [1.29, 1.82) is 0 Å². The van der Waals surface area contributed by atoms with Crippen molar-refractivity contribution >= 4 is 0 Å². The zero-order valence-corrected chi connectivity index (χ0v) is 11.0. The molecule has 1 aromatic carbocycles. The minimum Gasteiger partial charge on any atom is -0.497 e. The summed E-state index contributed by atoms with van der Waals surface area (Å²) in [5.41, 5.74) is 13.3. The number of ether oxygens (including phenoxy) is 1. The van der Waals surface area contributed by atoms with Gasteiger partial charge < -0.3 is 16.2 Å². The minimum absolute atomic E-state index is 0.221. The van der Waals surface area contributed by atoms with Gasteiger partial charge in [0.2, 0.25) is 0 Å². The molecule has 1 aromatic rings. The average molecular weight is 249 g/mol. The van der Waals surface area contributed by atoms with Crippen molar-refractivity contribution in [3.8, 4) is 5.75 Å². The number of nitrogens with zero attached hydrogens (tertiary/aromatic N) is 1. The van der Waals surface area contributed by atoms with E-state index in [1.54, 1.807) is 7.11 Å². The highest BCUT2D eigenvalue weighted by molar-refractivity contribution is 5.28. The Morgan fingerprint density at radius 1 is 1.28 bits per heavy atom. The molecule has 18 heavy (non-hydrogen) atoms. The molecule has 2 unspecified atom stereocenters. The van der Waals surface area contributed by atoms with Gasteiger partial charge in [-0.15, -0.1) is 0 Å². The summed E-state index contributed by atoms with van der Waals surface area (Å²) in [6.45, 7) is 2.92. The van der Waals surface area contributed by atoms with Crippen molar-refractivity contribution in [2.75, 3.05) is 26.7 Å². The van der Waals surface area contributed by atoms with Crippen LogP contribution in [0, 0.1) is 0 Å². The second-order valence-electron chi connectivity index (χ2n) is 5.12. The van der Waals surface area contributed by atoms with Gasteiger partial charge in [-0.05, 0) is 30.5 Å². The van der Waals surface area contributed by atoms with Crippen LogP contribution >= 0.6 is 0 Å². The molecule has 0 bridgehead atoms. The van der Waals surface area contributed by atoms with E-state index in [-0.39, 0.29) is 12.1 Å². The molecule has 4 N–H and O–H groups in total. The van der Waals surface area contributed by atoms with Crippen LogP contribution in [0.4, 0.5) is 0 Å². The van der Waals surface area contributed by atoms with Gasteiger partial charge in [-0.2, -0.15) is 0 Å². The first-order chi connectivity index (χ1) is 8.67. The Kier molecular flexibility index (Phi) is 4.58. The van der Waals surface area contributed by atoms with Crippen LogP contribution in [0.3, 0.4) is 0 Å². The van der Waals surface area contributed by atoms with Crippen molar-refractivity contribution in [3.05, 3.63) is 29.8 Å². The topological polar surface area (TPSA) is 64.5 Å². The van der Waals surface area contributed by atoms with Gasteiger partial charge in [0.1, 0.15) is 5.75 Å². The van der Waals surface area contributed by atoms with Crippen LogP contribution in [-0.2, 0) is 6.42 Å². The molecule has 4 heteroatoms. The third-order valence-electron chi connectivity index (χ3n) is 3.44. The van der Waals surface area contributed by atoms with E-state index in [0.29, 0.717) is 0 Å². The molecule has 2 rings (SSSR count). The highest BCUT2D eigenvalue weighted by Gasteiger charge is 2.21. The Bertz CT molecular complexity index is 373. The summed E-state index contributed by atoms with van der Waals surface area (Å²) in [4.78, 5) is 2.36. The van der Waals surface area contributed by atoms with Crippen LogP contribution in [-0.4, -0.2) is 43.7 Å². The number of rotatable bonds is 4. The number of hydrogen-bond acceptors (Lipinski definition) is 4. The molecular formula is C14H23N3O. The molecule has 1 heterocycles. The molecule has 1 saturated heterocycles. The fraction of sp³-hybridized carbons (Fsp3) is 0.571. The van der Waals surface area contributed by atoms with E-state index in [0.717, 1.165) is 38.2 Å². The quantitative estimate of drug-likeness (QED) is 0.820. The molecule has 1 aliphatic heterocycles. The summed E-state index contributed by atoms with van der Waals surface area (Å²) < 4.78 is 5.23. The van der Waals surface area contributed by atoms with E-state index in [1.165, 1.54) is 5.56 Å². The maximum absolute atomic E-state index is 5.99. The molecule has 100 valence electrons. The molecule has 1 fully saturated rings. The third kappa shape index (κ3) is 3.70. The maximum atomic E-state index is 5.99. The second kappa shape index (κ2) is 6.18. The summed E-state index contributed by atoms with van der Waals surface area (Å²) >= 11 is 0. The van der Waals surface area contributed by atoms with Crippen molar-refractivity contribution < 1.29 is 4.74 Å². The summed E-state index contributed by atoms with van der Waals surface area (Å²) in [6, 6.07) is 8.66. The van der Waals surface area contributed by atoms with Crippen molar-refractivity contribution in [3.63, 3.8) is 0 Å². The minimum atomic E-state index is 0.221. The Morgan fingerprint density at radius 3 is 2.67 bits per heavy atom. The van der Waals surface area contributed by atoms with Crippen LogP contribution in [0.1, 0.15) is 12.0 Å². The second-order valence-corrected chi connectivity index (χ2v) is 5.12. The SMILES string of the molecule is COc1cccc(CCN2CC(N)CC(N)C2)c1. The maximum Gasteiger partial charge on any atom is 0.119 e. The lowest BCUT2D eigenvalue weighted by Gasteiger charge is -2.34. The normalized spacial score (nSPS) is 25.1. The first-order valence-corrected chi connectivity index (χ1v) is 6.54. The number of methoxy groups -OCH3 is 1. The van der Waals surface area contributed by atoms with E-state index >= 15 is 0 Å². The predicted molar refractivity (Wildman–Crippen MR) is 73.7 cm³/mol. The first-order valence-electron chi connectivity index (χ1n) is 6.54. The Balaban J connectivity index is 1.86. The number of hydrogen-bond donors (Lipinski definition) is 2. The van der Waals surface area contributed by atoms with Gasteiger partial charge in [0, 0.05) is 31.7 Å². The summed E-state index contributed by atoms with van der Waals surface area (Å²) in [5, 5.41) is 0. The molecule has 0 spiro atoms. The van der Waals surface area contributed by atoms with Crippen LogP contribution in [0.2, 0.25) is 0 Å². The molecular weight excluding hydrogens is 226 g/mol. The summed E-state index contributed by atoms with van der Waals surface area (Å²) in [5.74, 6) is 0.916. The predicted octanol–water partition coefficient (Wildman–Crippen LogP) is 0.598. The molecule has 2 atom stereocenters. The van der Waals surface area contributed by atoms with E-state index < -0.39 is 0 Å². The molecule has 0 aromatic heterocycles. The highest BCUT2D eigenvalue weighted by Crippen LogP contribution is 2.14.